The van der Waals surface area contributed by atoms with E-state index in [1.807, 2.05) is 27.7 Å². The maximum absolute atomic E-state index is 11.8. The highest BCUT2D eigenvalue weighted by Crippen LogP contribution is 2.23. The van der Waals surface area contributed by atoms with E-state index in [9.17, 15) is 4.79 Å². The molecule has 1 amide bonds. The third-order valence-corrected chi connectivity index (χ3v) is 3.52. The number of hydrogen-bond acceptors (Lipinski definition) is 5. The van der Waals surface area contributed by atoms with Crippen LogP contribution in [0.3, 0.4) is 0 Å². The number of hydrogen-bond donors (Lipinski definition) is 1. The van der Waals surface area contributed by atoms with Gasteiger partial charge in [0.2, 0.25) is 5.95 Å². The van der Waals surface area contributed by atoms with Gasteiger partial charge in [-0.2, -0.15) is 0 Å². The van der Waals surface area contributed by atoms with Gasteiger partial charge in [-0.05, 0) is 46.6 Å². The van der Waals surface area contributed by atoms with Gasteiger partial charge in [0.15, 0.2) is 0 Å². The van der Waals surface area contributed by atoms with Crippen molar-refractivity contribution in [3.63, 3.8) is 0 Å². The van der Waals surface area contributed by atoms with E-state index < -0.39 is 11.7 Å². The highest BCUT2D eigenvalue weighted by Gasteiger charge is 2.28. The van der Waals surface area contributed by atoms with Crippen LogP contribution >= 0.6 is 11.6 Å². The minimum atomic E-state index is -0.493. The summed E-state index contributed by atoms with van der Waals surface area (Å²) in [7, 11) is 0. The van der Waals surface area contributed by atoms with E-state index in [-0.39, 0.29) is 6.04 Å². The number of aryl methyl sites for hydroxylation is 1. The Hall–Kier alpha value is -1.56. The van der Waals surface area contributed by atoms with E-state index in [1.54, 1.807) is 6.07 Å². The van der Waals surface area contributed by atoms with Crippen molar-refractivity contribution in [3.05, 3.63) is 16.9 Å². The normalized spacial score (nSPS) is 18.4. The molecule has 1 aromatic rings. The molecule has 0 aromatic carbocycles. The molecule has 22 heavy (non-hydrogen) atoms. The molecule has 1 aliphatic heterocycles. The van der Waals surface area contributed by atoms with E-state index in [1.165, 1.54) is 0 Å². The number of ether oxygens (including phenoxy) is 1. The lowest BCUT2D eigenvalue weighted by atomic mass is 10.2. The Morgan fingerprint density at radius 1 is 1.50 bits per heavy atom. The quantitative estimate of drug-likeness (QED) is 0.865. The molecule has 0 saturated carbocycles. The zero-order valence-electron chi connectivity index (χ0n) is 13.5. The maximum Gasteiger partial charge on any atom is 0.407 e. The van der Waals surface area contributed by atoms with Gasteiger partial charge in [0.25, 0.3) is 0 Å². The van der Waals surface area contributed by atoms with E-state index in [0.29, 0.717) is 17.6 Å². The van der Waals surface area contributed by atoms with Crippen molar-refractivity contribution in [2.24, 2.45) is 0 Å². The summed E-state index contributed by atoms with van der Waals surface area (Å²) >= 11 is 6.01. The number of alkyl carbamates (subject to hydrolysis) is 1. The van der Waals surface area contributed by atoms with Crippen LogP contribution < -0.4 is 10.2 Å². The Labute approximate surface area is 136 Å². The summed E-state index contributed by atoms with van der Waals surface area (Å²) in [6.07, 6.45) is 1.61. The molecule has 1 N–H and O–H groups in total. The summed E-state index contributed by atoms with van der Waals surface area (Å²) in [5, 5.41) is 3.26. The molecule has 6 nitrogen and oxygen atoms in total. The summed E-state index contributed by atoms with van der Waals surface area (Å²) < 4.78 is 5.26. The molecule has 0 bridgehead atoms. The fourth-order valence-corrected chi connectivity index (χ4v) is 2.70. The second-order valence-corrected chi connectivity index (χ2v) is 6.89. The lowest BCUT2D eigenvalue weighted by Gasteiger charge is -2.26. The molecule has 1 aromatic heterocycles. The Bertz CT molecular complexity index is 525. The van der Waals surface area contributed by atoms with Gasteiger partial charge in [-0.15, -0.1) is 0 Å². The van der Waals surface area contributed by atoms with Gasteiger partial charge in [-0.1, -0.05) is 11.6 Å². The van der Waals surface area contributed by atoms with Crippen LogP contribution in [-0.4, -0.2) is 40.8 Å². The first-order chi connectivity index (χ1) is 10.2. The van der Waals surface area contributed by atoms with Crippen molar-refractivity contribution in [2.45, 2.75) is 52.2 Å². The summed E-state index contributed by atoms with van der Waals surface area (Å²) in [5.41, 5.74) is 0.341. The first-order valence-corrected chi connectivity index (χ1v) is 7.87. The SMILES string of the molecule is Cc1cc(Cl)nc(N2CCC[C@@H]2CNC(=O)OC(C)(C)C)n1. The summed E-state index contributed by atoms with van der Waals surface area (Å²) in [6, 6.07) is 1.89. The predicted octanol–water partition coefficient (Wildman–Crippen LogP) is 2.93. The van der Waals surface area contributed by atoms with Crippen LogP contribution in [-0.2, 0) is 4.74 Å². The smallest absolute Gasteiger partial charge is 0.407 e. The third-order valence-electron chi connectivity index (χ3n) is 3.33. The second kappa shape index (κ2) is 6.69. The van der Waals surface area contributed by atoms with E-state index >= 15 is 0 Å². The summed E-state index contributed by atoms with van der Waals surface area (Å²) in [4.78, 5) is 22.6. The van der Waals surface area contributed by atoms with Crippen molar-refractivity contribution in [3.8, 4) is 0 Å². The van der Waals surface area contributed by atoms with Gasteiger partial charge < -0.3 is 15.0 Å². The molecular formula is C15H23ClN4O2. The van der Waals surface area contributed by atoms with Crippen molar-refractivity contribution >= 4 is 23.6 Å². The number of amides is 1. The number of aromatic nitrogens is 2. The van der Waals surface area contributed by atoms with Crippen LogP contribution in [0.4, 0.5) is 10.7 Å². The number of nitrogens with one attached hydrogen (secondary N) is 1. The molecule has 2 rings (SSSR count). The third kappa shape index (κ3) is 4.73. The molecule has 1 atom stereocenters. The van der Waals surface area contributed by atoms with E-state index in [2.05, 4.69) is 20.2 Å². The number of anilines is 1. The van der Waals surface area contributed by atoms with Crippen molar-refractivity contribution in [2.75, 3.05) is 18.0 Å². The van der Waals surface area contributed by atoms with Crippen LogP contribution in [0, 0.1) is 6.92 Å². The maximum atomic E-state index is 11.8. The minimum absolute atomic E-state index is 0.158. The van der Waals surface area contributed by atoms with Gasteiger partial charge in [-0.25, -0.2) is 14.8 Å². The summed E-state index contributed by atoms with van der Waals surface area (Å²) in [5.74, 6) is 0.624. The Morgan fingerprint density at radius 3 is 2.86 bits per heavy atom. The fraction of sp³-hybridized carbons (Fsp3) is 0.667. The highest BCUT2D eigenvalue weighted by molar-refractivity contribution is 6.29. The number of carbonyl (C=O) groups excluding carboxylic acids is 1. The lowest BCUT2D eigenvalue weighted by Crippen LogP contribution is -2.42. The number of nitrogens with zero attached hydrogens (tertiary/aromatic N) is 3. The van der Waals surface area contributed by atoms with Gasteiger partial charge >= 0.3 is 6.09 Å². The predicted molar refractivity (Wildman–Crippen MR) is 86.4 cm³/mol. The largest absolute Gasteiger partial charge is 0.444 e. The minimum Gasteiger partial charge on any atom is -0.444 e. The van der Waals surface area contributed by atoms with Crippen LogP contribution in [0.15, 0.2) is 6.07 Å². The highest BCUT2D eigenvalue weighted by atomic mass is 35.5. The van der Waals surface area contributed by atoms with E-state index in [4.69, 9.17) is 16.3 Å². The molecule has 1 aliphatic rings. The molecule has 1 fully saturated rings. The van der Waals surface area contributed by atoms with Gasteiger partial charge in [0.1, 0.15) is 10.8 Å². The Balaban J connectivity index is 1.97. The molecule has 0 unspecified atom stereocenters. The number of rotatable bonds is 3. The lowest BCUT2D eigenvalue weighted by molar-refractivity contribution is 0.0525. The number of carbonyl (C=O) groups is 1. The monoisotopic (exact) mass is 326 g/mol. The second-order valence-electron chi connectivity index (χ2n) is 6.50. The average Bonchev–Trinajstić information content (AvgIpc) is 2.81. The molecule has 0 radical (unpaired) electrons. The van der Waals surface area contributed by atoms with Crippen LogP contribution in [0.5, 0.6) is 0 Å². The standard InChI is InChI=1S/C15H23ClN4O2/c1-10-8-12(16)19-13(18-10)20-7-5-6-11(20)9-17-14(21)22-15(2,3)4/h8,11H,5-7,9H2,1-4H3,(H,17,21)/t11-/m1/s1. The molecule has 0 aliphatic carbocycles. The topological polar surface area (TPSA) is 67.4 Å². The first-order valence-electron chi connectivity index (χ1n) is 7.49. The molecule has 1 saturated heterocycles. The molecule has 7 heteroatoms. The van der Waals surface area contributed by atoms with Crippen molar-refractivity contribution in [1.29, 1.82) is 0 Å². The van der Waals surface area contributed by atoms with Gasteiger partial charge in [0.05, 0.1) is 0 Å². The van der Waals surface area contributed by atoms with Crippen LogP contribution in [0.2, 0.25) is 5.15 Å². The fourth-order valence-electron chi connectivity index (χ4n) is 2.47. The van der Waals surface area contributed by atoms with Crippen LogP contribution in [0.25, 0.3) is 0 Å². The average molecular weight is 327 g/mol. The molecule has 2 heterocycles. The van der Waals surface area contributed by atoms with Gasteiger partial charge in [0, 0.05) is 24.8 Å². The zero-order valence-corrected chi connectivity index (χ0v) is 14.3. The Morgan fingerprint density at radius 2 is 2.23 bits per heavy atom. The molecule has 122 valence electrons. The van der Waals surface area contributed by atoms with E-state index in [0.717, 1.165) is 25.1 Å². The Kier molecular flexibility index (Phi) is 5.11. The van der Waals surface area contributed by atoms with Crippen LogP contribution in [0.1, 0.15) is 39.3 Å². The molecule has 0 spiro atoms. The number of halogens is 1. The zero-order chi connectivity index (χ0) is 16.3. The van der Waals surface area contributed by atoms with Crippen molar-refractivity contribution < 1.29 is 9.53 Å². The summed E-state index contributed by atoms with van der Waals surface area (Å²) in [6.45, 7) is 8.79. The van der Waals surface area contributed by atoms with Crippen molar-refractivity contribution in [1.82, 2.24) is 15.3 Å². The first kappa shape index (κ1) is 16.8. The molecular weight excluding hydrogens is 304 g/mol. The van der Waals surface area contributed by atoms with Gasteiger partial charge in [-0.3, -0.25) is 0 Å².